The molecule has 0 saturated carbocycles. The zero-order valence-electron chi connectivity index (χ0n) is 15.2. The predicted octanol–water partition coefficient (Wildman–Crippen LogP) is 5.31. The summed E-state index contributed by atoms with van der Waals surface area (Å²) in [7, 11) is 0. The minimum atomic E-state index is -0.678. The fourth-order valence-corrected chi connectivity index (χ4v) is 2.61. The minimum Gasteiger partial charge on any atom is -0.395 e. The van der Waals surface area contributed by atoms with Gasteiger partial charge in [-0.1, -0.05) is 24.3 Å². The Morgan fingerprint density at radius 3 is 1.34 bits per heavy atom. The first kappa shape index (κ1) is 22.7. The van der Waals surface area contributed by atoms with Crippen LogP contribution < -0.4 is 9.80 Å². The van der Waals surface area contributed by atoms with E-state index in [-0.39, 0.29) is 21.7 Å². The van der Waals surface area contributed by atoms with Gasteiger partial charge in [0.1, 0.15) is 0 Å². The van der Waals surface area contributed by atoms with E-state index < -0.39 is 23.3 Å². The van der Waals surface area contributed by atoms with Gasteiger partial charge in [0.05, 0.1) is 0 Å². The van der Waals surface area contributed by atoms with Gasteiger partial charge in [-0.3, -0.25) is 0 Å². The van der Waals surface area contributed by atoms with Crippen LogP contribution in [0.4, 0.5) is 28.9 Å². The maximum absolute atomic E-state index is 13.2. The summed E-state index contributed by atoms with van der Waals surface area (Å²) in [4.78, 5) is 3.37. The van der Waals surface area contributed by atoms with E-state index in [1.54, 1.807) is 34.4 Å². The van der Waals surface area contributed by atoms with Gasteiger partial charge in [-0.2, -0.15) is 0 Å². The summed E-state index contributed by atoms with van der Waals surface area (Å²) in [6.07, 6.45) is 14.6. The molecule has 0 radical (unpaired) electrons. The molecule has 0 atom stereocenters. The van der Waals surface area contributed by atoms with E-state index in [1.165, 1.54) is 24.3 Å². The van der Waals surface area contributed by atoms with Crippen molar-refractivity contribution in [2.75, 3.05) is 22.9 Å². The van der Waals surface area contributed by atoms with Crippen LogP contribution in [-0.4, -0.2) is 13.1 Å². The van der Waals surface area contributed by atoms with Crippen LogP contribution in [0.25, 0.3) is 0 Å². The predicted molar refractivity (Wildman–Crippen MR) is 102 cm³/mol. The molecule has 146 valence electrons. The van der Waals surface area contributed by atoms with Gasteiger partial charge in [0, 0.05) is 36.4 Å². The molecule has 2 aromatic carbocycles. The number of benzene rings is 2. The largest absolute Gasteiger partial charge is 2.00 e. The molecule has 2 aliphatic heterocycles. The monoisotopic (exact) mass is 432 g/mol. The molecule has 0 saturated heterocycles. The Morgan fingerprint density at radius 2 is 1.03 bits per heavy atom. The second-order valence-corrected chi connectivity index (χ2v) is 5.86. The first-order valence-corrected chi connectivity index (χ1v) is 8.49. The zero-order chi connectivity index (χ0) is 19.9. The molecular formula is C22H16F4N2Ti. The number of allylic oxidation sites excluding steroid dienone is 4. The molecule has 0 fully saturated rings. The topological polar surface area (TPSA) is 6.48 Å². The summed E-state index contributed by atoms with van der Waals surface area (Å²) in [6.45, 7) is 1.18. The minimum absolute atomic E-state index is 0. The molecule has 7 heteroatoms. The number of halogens is 4. The summed E-state index contributed by atoms with van der Waals surface area (Å²) in [5, 5.41) is 0. The van der Waals surface area contributed by atoms with Crippen LogP contribution in [0.15, 0.2) is 73.1 Å². The van der Waals surface area contributed by atoms with E-state index in [2.05, 4.69) is 0 Å². The SMILES string of the molecule is Fc1[c-]c(F)c(N2C=CC=CC2)cc1.Fc1[c-]c(F)c(N2C=CC=CC2)cc1.[Ti+2]. The molecule has 4 rings (SSSR count). The van der Waals surface area contributed by atoms with E-state index in [9.17, 15) is 17.6 Å². The second kappa shape index (κ2) is 10.8. The van der Waals surface area contributed by atoms with Crippen molar-refractivity contribution in [1.82, 2.24) is 0 Å². The second-order valence-electron chi connectivity index (χ2n) is 5.86. The van der Waals surface area contributed by atoms with E-state index >= 15 is 0 Å². The maximum Gasteiger partial charge on any atom is 2.00 e. The molecule has 2 heterocycles. The van der Waals surface area contributed by atoms with Crippen molar-refractivity contribution in [2.45, 2.75) is 0 Å². The van der Waals surface area contributed by atoms with Crippen LogP contribution >= 0.6 is 0 Å². The van der Waals surface area contributed by atoms with Crippen molar-refractivity contribution in [3.8, 4) is 0 Å². The molecule has 2 nitrogen and oxygen atoms in total. The van der Waals surface area contributed by atoms with Gasteiger partial charge < -0.3 is 9.80 Å². The molecular weight excluding hydrogens is 416 g/mol. The first-order chi connectivity index (χ1) is 13.5. The standard InChI is InChI=1S/2C11H8F2N.Ti/c2*12-9-4-5-11(10(13)8-9)14-6-2-1-3-7-14;/h2*1-6H,7H2;/q2*-1;+2. The summed E-state index contributed by atoms with van der Waals surface area (Å²) < 4.78 is 51.6. The number of hydrogen-bond donors (Lipinski definition) is 0. The molecule has 0 amide bonds. The Hall–Kier alpha value is -2.57. The van der Waals surface area contributed by atoms with Crippen molar-refractivity contribution >= 4 is 11.4 Å². The van der Waals surface area contributed by atoms with Crippen molar-refractivity contribution in [3.05, 3.63) is 109 Å². The molecule has 0 aromatic heterocycles. The maximum atomic E-state index is 13.2. The summed E-state index contributed by atoms with van der Waals surface area (Å²) >= 11 is 0. The molecule has 0 spiro atoms. The number of rotatable bonds is 2. The van der Waals surface area contributed by atoms with Crippen LogP contribution in [-0.2, 0) is 21.7 Å². The molecule has 29 heavy (non-hydrogen) atoms. The van der Waals surface area contributed by atoms with Crippen LogP contribution in [0.2, 0.25) is 0 Å². The molecule has 0 aliphatic carbocycles. The third-order valence-electron chi connectivity index (χ3n) is 3.93. The third kappa shape index (κ3) is 6.21. The van der Waals surface area contributed by atoms with Crippen LogP contribution in [0.3, 0.4) is 0 Å². The quantitative estimate of drug-likeness (QED) is 0.361. The number of anilines is 2. The van der Waals surface area contributed by atoms with Crippen molar-refractivity contribution in [3.63, 3.8) is 0 Å². The third-order valence-corrected chi connectivity index (χ3v) is 3.93. The van der Waals surface area contributed by atoms with E-state index in [1.807, 2.05) is 36.4 Å². The van der Waals surface area contributed by atoms with E-state index in [4.69, 9.17) is 0 Å². The Kier molecular flexibility index (Phi) is 8.49. The average molecular weight is 432 g/mol. The molecule has 0 N–H and O–H groups in total. The number of nitrogens with zero attached hydrogens (tertiary/aromatic N) is 2. The van der Waals surface area contributed by atoms with Gasteiger partial charge in [0.2, 0.25) is 0 Å². The van der Waals surface area contributed by atoms with Crippen LogP contribution in [0, 0.1) is 35.4 Å². The normalized spacial score (nSPS) is 14.3. The van der Waals surface area contributed by atoms with Gasteiger partial charge in [-0.15, -0.1) is 36.4 Å². The zero-order valence-corrected chi connectivity index (χ0v) is 16.8. The Balaban J connectivity index is 0.000000200. The first-order valence-electron chi connectivity index (χ1n) is 8.49. The van der Waals surface area contributed by atoms with Crippen molar-refractivity contribution in [2.24, 2.45) is 0 Å². The van der Waals surface area contributed by atoms with Crippen LogP contribution in [0.1, 0.15) is 0 Å². The van der Waals surface area contributed by atoms with Gasteiger partial charge >= 0.3 is 21.7 Å². The van der Waals surface area contributed by atoms with Gasteiger partial charge in [-0.25, -0.2) is 17.6 Å². The van der Waals surface area contributed by atoms with Gasteiger partial charge in [0.25, 0.3) is 0 Å². The summed E-state index contributed by atoms with van der Waals surface area (Å²) in [6, 6.07) is 9.22. The fourth-order valence-electron chi connectivity index (χ4n) is 2.61. The van der Waals surface area contributed by atoms with Gasteiger partial charge in [0.15, 0.2) is 0 Å². The molecule has 0 unspecified atom stereocenters. The molecule has 2 aromatic rings. The molecule has 2 aliphatic rings. The van der Waals surface area contributed by atoms with Gasteiger partial charge in [-0.05, 0) is 35.9 Å². The number of hydrogen-bond acceptors (Lipinski definition) is 2. The van der Waals surface area contributed by atoms with E-state index in [0.29, 0.717) is 24.5 Å². The van der Waals surface area contributed by atoms with Crippen molar-refractivity contribution < 1.29 is 39.3 Å². The Bertz CT molecular complexity index is 876. The summed E-state index contributed by atoms with van der Waals surface area (Å²) in [5.74, 6) is -2.68. The Morgan fingerprint density at radius 1 is 0.621 bits per heavy atom. The smallest absolute Gasteiger partial charge is 0.395 e. The Labute approximate surface area is 182 Å². The molecule has 0 bridgehead atoms. The average Bonchev–Trinajstić information content (AvgIpc) is 2.70. The fraction of sp³-hybridized carbons (Fsp3) is 0.0909. The van der Waals surface area contributed by atoms with E-state index in [0.717, 1.165) is 0 Å². The summed E-state index contributed by atoms with van der Waals surface area (Å²) in [5.41, 5.74) is 0.680. The van der Waals surface area contributed by atoms with Crippen molar-refractivity contribution in [1.29, 1.82) is 0 Å². The van der Waals surface area contributed by atoms with Crippen LogP contribution in [0.5, 0.6) is 0 Å².